The van der Waals surface area contributed by atoms with Gasteiger partial charge in [0.05, 0.1) is 5.92 Å². The van der Waals surface area contributed by atoms with Gasteiger partial charge in [-0.25, -0.2) is 21.6 Å². The molecular weight excluding hydrogens is 323 g/mol. The summed E-state index contributed by atoms with van der Waals surface area (Å²) in [4.78, 5) is 10.0. The number of carboxylic acids is 1. The third-order valence-electron chi connectivity index (χ3n) is 3.74. The van der Waals surface area contributed by atoms with Gasteiger partial charge in [0, 0.05) is 18.7 Å². The molecule has 1 aliphatic rings. The standard InChI is InChI=1S/C13H14F3NO4S/c1-7-2-3-8(13(18)19)6-17(7)22(20,21)12-5-10(15)9(14)4-11(12)16/h4-5,7-8H,2-3,6H2,1H3,(H,18,19). The van der Waals surface area contributed by atoms with Gasteiger partial charge in [0.15, 0.2) is 11.6 Å². The van der Waals surface area contributed by atoms with Crippen molar-refractivity contribution in [3.8, 4) is 0 Å². The first-order valence-electron chi connectivity index (χ1n) is 6.53. The van der Waals surface area contributed by atoms with Crippen molar-refractivity contribution in [3.05, 3.63) is 29.6 Å². The van der Waals surface area contributed by atoms with Gasteiger partial charge in [-0.05, 0) is 25.8 Å². The Balaban J connectivity index is 2.45. The Morgan fingerprint density at radius 3 is 2.36 bits per heavy atom. The van der Waals surface area contributed by atoms with Gasteiger partial charge in [0.25, 0.3) is 0 Å². The van der Waals surface area contributed by atoms with Crippen LogP contribution in [0.5, 0.6) is 0 Å². The summed E-state index contributed by atoms with van der Waals surface area (Å²) >= 11 is 0. The Kier molecular flexibility index (Phi) is 4.48. The number of nitrogens with zero attached hydrogens (tertiary/aromatic N) is 1. The van der Waals surface area contributed by atoms with Crippen LogP contribution in [0.2, 0.25) is 0 Å². The number of hydrogen-bond donors (Lipinski definition) is 1. The van der Waals surface area contributed by atoms with Crippen molar-refractivity contribution in [1.29, 1.82) is 0 Å². The average molecular weight is 337 g/mol. The van der Waals surface area contributed by atoms with E-state index in [9.17, 15) is 26.4 Å². The van der Waals surface area contributed by atoms with Crippen molar-refractivity contribution in [2.45, 2.75) is 30.7 Å². The van der Waals surface area contributed by atoms with Crippen molar-refractivity contribution in [1.82, 2.24) is 4.31 Å². The first kappa shape index (κ1) is 16.8. The van der Waals surface area contributed by atoms with Crippen LogP contribution in [0.15, 0.2) is 17.0 Å². The molecule has 9 heteroatoms. The van der Waals surface area contributed by atoms with Crippen molar-refractivity contribution in [3.63, 3.8) is 0 Å². The number of halogens is 3. The Morgan fingerprint density at radius 1 is 1.18 bits per heavy atom. The number of rotatable bonds is 3. The molecule has 0 saturated carbocycles. The molecule has 1 heterocycles. The molecule has 1 saturated heterocycles. The van der Waals surface area contributed by atoms with Crippen molar-refractivity contribution < 1.29 is 31.5 Å². The first-order chi connectivity index (χ1) is 10.1. The Morgan fingerprint density at radius 2 is 1.77 bits per heavy atom. The smallest absolute Gasteiger partial charge is 0.307 e. The van der Waals surface area contributed by atoms with E-state index >= 15 is 0 Å². The van der Waals surface area contributed by atoms with E-state index in [4.69, 9.17) is 5.11 Å². The number of aliphatic carboxylic acids is 1. The SMILES string of the molecule is CC1CCC(C(=O)O)CN1S(=O)(=O)c1cc(F)c(F)cc1F. The maximum Gasteiger partial charge on any atom is 0.307 e. The zero-order valence-electron chi connectivity index (χ0n) is 11.6. The topological polar surface area (TPSA) is 74.7 Å². The number of carboxylic acid groups (broad SMARTS) is 1. The lowest BCUT2D eigenvalue weighted by Crippen LogP contribution is -2.47. The van der Waals surface area contributed by atoms with Crippen LogP contribution in [0.4, 0.5) is 13.2 Å². The number of hydrogen-bond acceptors (Lipinski definition) is 3. The minimum Gasteiger partial charge on any atom is -0.481 e. The third kappa shape index (κ3) is 2.95. The molecule has 0 aromatic heterocycles. The van der Waals surface area contributed by atoms with Crippen molar-refractivity contribution in [2.75, 3.05) is 6.54 Å². The Labute approximate surface area is 125 Å². The zero-order chi connectivity index (χ0) is 16.7. The van der Waals surface area contributed by atoms with Crippen LogP contribution < -0.4 is 0 Å². The summed E-state index contributed by atoms with van der Waals surface area (Å²) in [5.74, 6) is -6.47. The van der Waals surface area contributed by atoms with E-state index in [1.807, 2.05) is 0 Å². The fraction of sp³-hybridized carbons (Fsp3) is 0.462. The molecule has 1 fully saturated rings. The molecule has 1 N–H and O–H groups in total. The van der Waals surface area contributed by atoms with Crippen molar-refractivity contribution in [2.24, 2.45) is 5.92 Å². The minimum absolute atomic E-state index is 0.158. The number of benzene rings is 1. The molecule has 0 spiro atoms. The van der Waals surface area contributed by atoms with Gasteiger partial charge in [-0.15, -0.1) is 0 Å². The molecule has 1 aromatic rings. The van der Waals surface area contributed by atoms with E-state index in [2.05, 4.69) is 0 Å². The number of carbonyl (C=O) groups is 1. The average Bonchev–Trinajstić information content (AvgIpc) is 2.42. The normalized spacial score (nSPS) is 23.5. The van der Waals surface area contributed by atoms with E-state index in [0.29, 0.717) is 6.42 Å². The lowest BCUT2D eigenvalue weighted by Gasteiger charge is -2.35. The number of piperidine rings is 1. The van der Waals surface area contributed by atoms with E-state index in [0.717, 1.165) is 4.31 Å². The molecule has 0 bridgehead atoms. The predicted molar refractivity (Wildman–Crippen MR) is 70.0 cm³/mol. The summed E-state index contributed by atoms with van der Waals surface area (Å²) in [7, 11) is -4.46. The summed E-state index contributed by atoms with van der Waals surface area (Å²) in [6.45, 7) is 1.21. The lowest BCUT2D eigenvalue weighted by atomic mass is 9.96. The van der Waals surface area contributed by atoms with Gasteiger partial charge >= 0.3 is 5.97 Å². The second kappa shape index (κ2) is 5.88. The highest BCUT2D eigenvalue weighted by Crippen LogP contribution is 2.30. The molecule has 5 nitrogen and oxygen atoms in total. The first-order valence-corrected chi connectivity index (χ1v) is 7.97. The van der Waals surface area contributed by atoms with Crippen LogP contribution in [0, 0.1) is 23.4 Å². The fourth-order valence-electron chi connectivity index (χ4n) is 2.44. The molecule has 0 amide bonds. The van der Waals surface area contributed by atoms with Gasteiger partial charge in [0.1, 0.15) is 10.7 Å². The van der Waals surface area contributed by atoms with Gasteiger partial charge in [-0.3, -0.25) is 4.79 Å². The van der Waals surface area contributed by atoms with E-state index in [-0.39, 0.29) is 25.1 Å². The second-order valence-corrected chi connectivity index (χ2v) is 7.09. The van der Waals surface area contributed by atoms with Crippen LogP contribution in [-0.4, -0.2) is 36.4 Å². The molecule has 22 heavy (non-hydrogen) atoms. The third-order valence-corrected chi connectivity index (χ3v) is 5.73. The van der Waals surface area contributed by atoms with E-state index in [1.165, 1.54) is 0 Å². The van der Waals surface area contributed by atoms with Crippen LogP contribution in [-0.2, 0) is 14.8 Å². The molecule has 1 aliphatic heterocycles. The van der Waals surface area contributed by atoms with Crippen LogP contribution in [0.1, 0.15) is 19.8 Å². The molecule has 1 aromatic carbocycles. The summed E-state index contributed by atoms with van der Waals surface area (Å²) in [6.07, 6.45) is 0.574. The number of sulfonamides is 1. The fourth-order valence-corrected chi connectivity index (χ4v) is 4.21. The Hall–Kier alpha value is -1.61. The second-order valence-electron chi connectivity index (χ2n) is 5.23. The molecule has 2 rings (SSSR count). The lowest BCUT2D eigenvalue weighted by molar-refractivity contribution is -0.143. The van der Waals surface area contributed by atoms with Gasteiger partial charge in [0.2, 0.25) is 10.0 Å². The maximum atomic E-state index is 13.7. The molecule has 122 valence electrons. The van der Waals surface area contributed by atoms with Crippen LogP contribution in [0.3, 0.4) is 0 Å². The summed E-state index contributed by atoms with van der Waals surface area (Å²) in [6, 6.07) is -0.129. The summed E-state index contributed by atoms with van der Waals surface area (Å²) < 4.78 is 65.6. The summed E-state index contributed by atoms with van der Waals surface area (Å²) in [5, 5.41) is 9.01. The van der Waals surface area contributed by atoms with Gasteiger partial charge in [-0.1, -0.05) is 0 Å². The van der Waals surface area contributed by atoms with E-state index in [1.54, 1.807) is 6.92 Å². The minimum atomic E-state index is -4.46. The quantitative estimate of drug-likeness (QED) is 0.856. The van der Waals surface area contributed by atoms with E-state index < -0.39 is 50.3 Å². The summed E-state index contributed by atoms with van der Waals surface area (Å²) in [5.41, 5.74) is 0. The predicted octanol–water partition coefficient (Wildman–Crippen LogP) is 1.98. The van der Waals surface area contributed by atoms with Crippen molar-refractivity contribution >= 4 is 16.0 Å². The highest BCUT2D eigenvalue weighted by molar-refractivity contribution is 7.89. The van der Waals surface area contributed by atoms with Gasteiger partial charge < -0.3 is 5.11 Å². The van der Waals surface area contributed by atoms with Crippen LogP contribution in [0.25, 0.3) is 0 Å². The highest BCUT2D eigenvalue weighted by Gasteiger charge is 2.39. The van der Waals surface area contributed by atoms with Crippen LogP contribution >= 0.6 is 0 Å². The molecular formula is C13H14F3NO4S. The zero-order valence-corrected chi connectivity index (χ0v) is 12.4. The van der Waals surface area contributed by atoms with Gasteiger partial charge in [-0.2, -0.15) is 4.31 Å². The molecule has 0 aliphatic carbocycles. The highest BCUT2D eigenvalue weighted by atomic mass is 32.2. The maximum absolute atomic E-state index is 13.7. The largest absolute Gasteiger partial charge is 0.481 e. The molecule has 2 atom stereocenters. The molecule has 0 radical (unpaired) electrons. The molecule has 2 unspecified atom stereocenters. The monoisotopic (exact) mass is 337 g/mol. The Bertz CT molecular complexity index is 707.